The highest BCUT2D eigenvalue weighted by Gasteiger charge is 2.74. The van der Waals surface area contributed by atoms with Crippen molar-refractivity contribution >= 4 is 47.4 Å². The summed E-state index contributed by atoms with van der Waals surface area (Å²) in [6.07, 6.45) is -24.5. The molecule has 0 radical (unpaired) electrons. The summed E-state index contributed by atoms with van der Waals surface area (Å²) < 4.78 is 46.8. The molecule has 0 spiro atoms. The number of carbonyl (C=O) groups excluding carboxylic acids is 2. The number of carbonyl (C=O) groups is 8. The lowest BCUT2D eigenvalue weighted by Gasteiger charge is -2.70. The molecule has 4 aliphatic heterocycles. The molecular formula is C84H142N4O35. The Bertz CT molecular complexity index is 3740. The van der Waals surface area contributed by atoms with Crippen LogP contribution in [-0.4, -0.2) is 281 Å². The maximum atomic E-state index is 14.8. The summed E-state index contributed by atoms with van der Waals surface area (Å²) in [7, 11) is 0. The van der Waals surface area contributed by atoms with Crippen molar-refractivity contribution in [1.29, 1.82) is 0 Å². The largest absolute Gasteiger partial charge is 0.481 e. The van der Waals surface area contributed by atoms with Crippen LogP contribution in [0.1, 0.15) is 213 Å². The summed E-state index contributed by atoms with van der Waals surface area (Å²) in [6.45, 7) is 29.7. The SMILES string of the molecule is CC1(C)[C@@H](O[C@H]2O[C@H](C(=O)O)[C@@H](O)[C@H](O)[C@H]2O[C@H]2O[C@H](C(=O)O)[C@@H](O)[C@H](O)[C@H]2O)CC[C@]2(C)[C@H]3C(=O)C=C4[C@@H]5C[C@@](C)(C(=O)O)CC[C@]5(C)CC[C@@]4(C)[C@]3(C)CC[C@@H]12.CC1(C)[C@@H](O[C@H]2O[C@H](C(=O)O)[C@@H](O)[C@H](O)[C@H]2O[C@H]2O[C@H](C(=O)O)[C@@H](O)[C@H](O)[C@H]2O)CC[C@]2(C)[C@H]3C(=O)C=C4[C@@H]5C[C@@](C)(C(=O)O)CC[C@]5(C)CC[C@@]4(C)[C@]3(C)CC[C@@H]12.N.N.N.N.O.O.O. The second-order valence-corrected chi connectivity index (χ2v) is 41.2. The molecule has 39 nitrogen and oxygen atoms in total. The van der Waals surface area contributed by atoms with Gasteiger partial charge in [-0.3, -0.25) is 19.2 Å². The van der Waals surface area contributed by atoms with Crippen LogP contribution in [0.15, 0.2) is 23.3 Å². The van der Waals surface area contributed by atoms with E-state index in [0.29, 0.717) is 51.4 Å². The predicted molar refractivity (Wildman–Crippen MR) is 430 cm³/mol. The number of ketones is 2. The number of ether oxygens (including phenoxy) is 8. The molecule has 39 heteroatoms. The Morgan fingerprint density at radius 3 is 0.902 bits per heavy atom. The van der Waals surface area contributed by atoms with E-state index < -0.39 is 214 Å². The molecule has 38 atom stereocenters. The maximum Gasteiger partial charge on any atom is 0.335 e. The Hall–Kier alpha value is -5.36. The van der Waals surface area contributed by atoms with E-state index in [2.05, 4.69) is 55.4 Å². The van der Waals surface area contributed by atoms with Crippen molar-refractivity contribution in [3.8, 4) is 0 Å². The van der Waals surface area contributed by atoms with Gasteiger partial charge in [0.25, 0.3) is 0 Å². The van der Waals surface area contributed by atoms with E-state index in [-0.39, 0.29) is 110 Å². The summed E-state index contributed by atoms with van der Waals surface area (Å²) in [4.78, 5) is 103. The van der Waals surface area contributed by atoms with E-state index in [4.69, 9.17) is 37.9 Å². The van der Waals surface area contributed by atoms with Crippen molar-refractivity contribution in [1.82, 2.24) is 24.6 Å². The van der Waals surface area contributed by atoms with Gasteiger partial charge in [-0.2, -0.15) is 0 Å². The van der Waals surface area contributed by atoms with Gasteiger partial charge in [0, 0.05) is 11.8 Å². The zero-order valence-corrected chi connectivity index (χ0v) is 73.1. The molecule has 0 aromatic rings. The van der Waals surface area contributed by atoms with Gasteiger partial charge < -0.3 is 161 Å². The number of allylic oxidation sites excluding steroid dienone is 4. The molecule has 8 saturated carbocycles. The molecule has 0 amide bonds. The Kier molecular flexibility index (Phi) is 31.0. The standard InChI is InChI=1S/2C42H62O16.4H3N.3H2O/c2*1-37(2)21-8-11-42(7)31(20(43)16-18-19-17-39(4,36(53)54)13-12-38(19,3)14-15-41(18,42)6)40(21,5)10-9-22(37)55-35-30(26(47)25(46)29(57-35)33(51)52)58-34-27(48)23(44)24(45)28(56-34)32(49)50;;;;;;;/h2*16,19,21-31,34-35,44-48H,8-15,17H2,1-7H3,(H,49,50)(H,51,52)(H,53,54);4*1H3;3*1H2/t2*19-,21-,22-,23-,24-,25-,26-,27+,28-,29-,30+,31+,34+,35-,38+,39-,40-,41+,42+;;;;;;;/m00......./s1. The van der Waals surface area contributed by atoms with Crippen LogP contribution in [0.5, 0.6) is 0 Å². The smallest absolute Gasteiger partial charge is 0.335 e. The van der Waals surface area contributed by atoms with Gasteiger partial charge in [0.05, 0.1) is 23.0 Å². The lowest BCUT2D eigenvalue weighted by molar-refractivity contribution is -0.371. The van der Waals surface area contributed by atoms with Crippen LogP contribution in [0.3, 0.4) is 0 Å². The number of hydrogen-bond acceptors (Lipinski definition) is 30. The first-order chi connectivity index (χ1) is 53.5. The van der Waals surface area contributed by atoms with Crippen LogP contribution in [0.4, 0.5) is 0 Å². The zero-order chi connectivity index (χ0) is 85.7. The third-order valence-electron chi connectivity index (χ3n) is 34.4. The molecule has 14 rings (SSSR count). The maximum absolute atomic E-state index is 14.8. The first kappa shape index (κ1) is 106. The van der Waals surface area contributed by atoms with Crippen LogP contribution in [0.25, 0.3) is 0 Å². The monoisotopic (exact) mass is 1770 g/mol. The molecule has 708 valence electrons. The zero-order valence-electron chi connectivity index (χ0n) is 73.1. The predicted octanol–water partition coefficient (Wildman–Crippen LogP) is 2.67. The number of aliphatic hydroxyl groups is 10. The quantitative estimate of drug-likeness (QED) is 0.111. The van der Waals surface area contributed by atoms with Gasteiger partial charge in [0.15, 0.2) is 61.1 Å². The normalized spacial score (nSPS) is 49.6. The summed E-state index contributed by atoms with van der Waals surface area (Å²) >= 11 is 0. The molecule has 0 bridgehead atoms. The van der Waals surface area contributed by atoms with Crippen LogP contribution < -0.4 is 24.6 Å². The number of rotatable bonds is 14. The average Bonchev–Trinajstić information content (AvgIpc) is 0.675. The number of hydrogen-bond donors (Lipinski definition) is 20. The van der Waals surface area contributed by atoms with Gasteiger partial charge in [0.2, 0.25) is 0 Å². The first-order valence-corrected chi connectivity index (χ1v) is 41.5. The molecule has 0 unspecified atom stereocenters. The van der Waals surface area contributed by atoms with Gasteiger partial charge in [0.1, 0.15) is 73.2 Å². The number of fused-ring (bicyclic) bond motifs is 14. The molecule has 0 aromatic carbocycles. The highest BCUT2D eigenvalue weighted by Crippen LogP contribution is 2.78. The topological polar surface area (TPSA) is 769 Å². The second-order valence-electron chi connectivity index (χ2n) is 41.2. The Balaban J connectivity index is 0.000000360. The van der Waals surface area contributed by atoms with Crippen LogP contribution in [-0.2, 0) is 76.3 Å². The number of aliphatic hydroxyl groups excluding tert-OH is 10. The Labute approximate surface area is 714 Å². The summed E-state index contributed by atoms with van der Waals surface area (Å²) in [5.74, 6) is -8.94. The van der Waals surface area contributed by atoms with Crippen molar-refractivity contribution in [2.24, 2.45) is 100 Å². The summed E-state index contributed by atoms with van der Waals surface area (Å²) in [5, 5.41) is 166. The first-order valence-electron chi connectivity index (χ1n) is 41.5. The molecule has 12 fully saturated rings. The Morgan fingerprint density at radius 2 is 0.618 bits per heavy atom. The van der Waals surface area contributed by atoms with Crippen molar-refractivity contribution in [3.05, 3.63) is 23.3 Å². The van der Waals surface area contributed by atoms with Crippen LogP contribution in [0.2, 0.25) is 0 Å². The van der Waals surface area contributed by atoms with E-state index in [1.807, 2.05) is 53.7 Å². The van der Waals surface area contributed by atoms with E-state index in [0.717, 1.165) is 75.4 Å². The minimum absolute atomic E-state index is 0. The highest BCUT2D eigenvalue weighted by molar-refractivity contribution is 5.96. The van der Waals surface area contributed by atoms with Gasteiger partial charge in [-0.25, -0.2) is 19.2 Å². The molecule has 123 heavy (non-hydrogen) atoms. The molecular weight excluding hydrogens is 1620 g/mol. The lowest BCUT2D eigenvalue weighted by Crippen LogP contribution is -2.68. The van der Waals surface area contributed by atoms with Gasteiger partial charge in [-0.05, 0) is 219 Å². The minimum atomic E-state index is -2.05. The molecule has 0 aromatic heterocycles. The summed E-state index contributed by atoms with van der Waals surface area (Å²) in [6, 6.07) is 0. The molecule has 34 N–H and O–H groups in total. The van der Waals surface area contributed by atoms with Crippen LogP contribution in [0, 0.1) is 100 Å². The van der Waals surface area contributed by atoms with E-state index in [9.17, 15) is 120 Å². The molecule has 10 aliphatic carbocycles. The Morgan fingerprint density at radius 1 is 0.341 bits per heavy atom. The van der Waals surface area contributed by atoms with Crippen molar-refractivity contribution in [3.63, 3.8) is 0 Å². The van der Waals surface area contributed by atoms with E-state index >= 15 is 0 Å². The van der Waals surface area contributed by atoms with Gasteiger partial charge in [-0.1, -0.05) is 94.2 Å². The number of aliphatic carboxylic acids is 6. The van der Waals surface area contributed by atoms with E-state index in [1.165, 1.54) is 0 Å². The van der Waals surface area contributed by atoms with Crippen LogP contribution >= 0.6 is 0 Å². The van der Waals surface area contributed by atoms with Gasteiger partial charge >= 0.3 is 35.8 Å². The fourth-order valence-corrected chi connectivity index (χ4v) is 26.7. The lowest BCUT2D eigenvalue weighted by atomic mass is 9.33. The third kappa shape index (κ3) is 16.3. The molecule has 4 heterocycles. The summed E-state index contributed by atoms with van der Waals surface area (Å²) in [5.41, 5.74) is -3.62. The number of carboxylic acids is 6. The average molecular weight is 1770 g/mol. The van der Waals surface area contributed by atoms with Crippen molar-refractivity contribution in [2.75, 3.05) is 0 Å². The third-order valence-corrected chi connectivity index (χ3v) is 34.4. The molecule has 4 saturated heterocycles. The second kappa shape index (κ2) is 35.8. The fraction of sp³-hybridized carbons (Fsp3) is 0.857. The fourth-order valence-electron chi connectivity index (χ4n) is 26.7. The van der Waals surface area contributed by atoms with E-state index in [1.54, 1.807) is 0 Å². The number of carboxylic acid groups (broad SMARTS) is 6. The highest BCUT2D eigenvalue weighted by atomic mass is 16.8. The molecule has 14 aliphatic rings. The van der Waals surface area contributed by atoms with Crippen molar-refractivity contribution < 1.29 is 174 Å². The minimum Gasteiger partial charge on any atom is -0.481 e. The van der Waals surface area contributed by atoms with Crippen molar-refractivity contribution in [2.45, 2.75) is 348 Å². The van der Waals surface area contributed by atoms with Gasteiger partial charge in [-0.15, -0.1) is 0 Å².